The lowest BCUT2D eigenvalue weighted by atomic mass is 10.1. The van der Waals surface area contributed by atoms with E-state index in [4.69, 9.17) is 0 Å². The van der Waals surface area contributed by atoms with Crippen LogP contribution >= 0.6 is 0 Å². The normalized spacial score (nSPS) is 12.3. The molecule has 9 nitrogen and oxygen atoms in total. The van der Waals surface area contributed by atoms with E-state index in [1.54, 1.807) is 24.3 Å². The molecule has 0 aliphatic carbocycles. The lowest BCUT2D eigenvalue weighted by Gasteiger charge is -2.11. The van der Waals surface area contributed by atoms with Crippen LogP contribution in [0.1, 0.15) is 18.1 Å². The number of nitrogens with one attached hydrogen (secondary N) is 2. The largest absolute Gasteiger partial charge is 0.324 e. The molecule has 1 heterocycles. The molecule has 1 atom stereocenters. The monoisotopic (exact) mass is 465 g/mol. The summed E-state index contributed by atoms with van der Waals surface area (Å²) in [6, 6.07) is 14.6. The summed E-state index contributed by atoms with van der Waals surface area (Å²) in [5, 5.41) is 10.5. The number of pyridine rings is 1. The predicted molar refractivity (Wildman–Crippen MR) is 125 cm³/mol. The number of carbonyl (C=O) groups is 2. The molecule has 3 rings (SSSR count). The molecule has 0 radical (unpaired) electrons. The predicted octanol–water partition coefficient (Wildman–Crippen LogP) is 4.18. The van der Waals surface area contributed by atoms with E-state index in [1.807, 2.05) is 19.9 Å². The van der Waals surface area contributed by atoms with E-state index in [2.05, 4.69) is 25.3 Å². The van der Waals surface area contributed by atoms with Gasteiger partial charge < -0.3 is 5.32 Å². The number of anilines is 2. The third-order valence-electron chi connectivity index (χ3n) is 4.46. The Morgan fingerprint density at radius 1 is 0.970 bits per heavy atom. The molecule has 0 fully saturated rings. The third kappa shape index (κ3) is 6.53. The van der Waals surface area contributed by atoms with E-state index < -0.39 is 27.8 Å². The molecule has 0 aliphatic heterocycles. The molecule has 2 aromatic carbocycles. The van der Waals surface area contributed by atoms with E-state index in [1.165, 1.54) is 43.5 Å². The van der Waals surface area contributed by atoms with Gasteiger partial charge in [0.25, 0.3) is 15.9 Å². The quantitative estimate of drug-likeness (QED) is 0.381. The Morgan fingerprint density at radius 2 is 1.64 bits per heavy atom. The highest BCUT2D eigenvalue weighted by Gasteiger charge is 2.23. The minimum Gasteiger partial charge on any atom is -0.324 e. The molecule has 10 heteroatoms. The number of hydrogen-bond donors (Lipinski definition) is 2. The first kappa shape index (κ1) is 23.7. The average molecular weight is 466 g/mol. The molecule has 1 aromatic heterocycles. The van der Waals surface area contributed by atoms with Crippen molar-refractivity contribution >= 4 is 38.9 Å². The van der Waals surface area contributed by atoms with Crippen molar-refractivity contribution in [1.82, 2.24) is 4.98 Å². The molecule has 0 saturated heterocycles. The number of carbonyl (C=O) groups excluding carboxylic acids is 2. The zero-order chi connectivity index (χ0) is 24.0. The van der Waals surface area contributed by atoms with Crippen LogP contribution in [0.3, 0.4) is 0 Å². The first-order chi connectivity index (χ1) is 15.6. The van der Waals surface area contributed by atoms with Crippen LogP contribution in [0.15, 0.2) is 82.0 Å². The van der Waals surface area contributed by atoms with Crippen LogP contribution in [0.2, 0.25) is 0 Å². The van der Waals surface area contributed by atoms with Gasteiger partial charge in [-0.25, -0.2) is 13.4 Å². The van der Waals surface area contributed by atoms with Crippen LogP contribution in [0, 0.1) is 13.8 Å². The van der Waals surface area contributed by atoms with Crippen molar-refractivity contribution < 1.29 is 18.0 Å². The molecule has 0 saturated carbocycles. The Kier molecular flexibility index (Phi) is 7.29. The number of Topliss-reactive ketones (excluding diaryl/α,β-unsaturated/α-hetero) is 1. The van der Waals surface area contributed by atoms with Crippen molar-refractivity contribution in [1.29, 1.82) is 0 Å². The molecule has 1 amide bonds. The Morgan fingerprint density at radius 3 is 2.21 bits per heavy atom. The second-order valence-corrected chi connectivity index (χ2v) is 9.09. The van der Waals surface area contributed by atoms with Gasteiger partial charge in [0, 0.05) is 11.9 Å². The standard InChI is InChI=1S/C23H23N5O4S/c1-15-12-16(2)14-19(13-15)25-23(30)22(17(3)29)27-26-18-7-9-20(10-8-18)33(31,32)28-21-6-4-5-11-24-21/h4-14,22H,1-3H3,(H,24,28)(H,25,30)/t22-/m1/s1. The van der Waals surface area contributed by atoms with E-state index in [9.17, 15) is 18.0 Å². The lowest BCUT2D eigenvalue weighted by molar-refractivity contribution is -0.126. The molecule has 170 valence electrons. The summed E-state index contributed by atoms with van der Waals surface area (Å²) in [5.74, 6) is -0.880. The summed E-state index contributed by atoms with van der Waals surface area (Å²) in [5.41, 5.74) is 2.80. The average Bonchev–Trinajstić information content (AvgIpc) is 2.73. The topological polar surface area (TPSA) is 130 Å². The zero-order valence-corrected chi connectivity index (χ0v) is 19.1. The summed E-state index contributed by atoms with van der Waals surface area (Å²) < 4.78 is 27.3. The fourth-order valence-electron chi connectivity index (χ4n) is 3.01. The van der Waals surface area contributed by atoms with Gasteiger partial charge in [-0.1, -0.05) is 12.1 Å². The highest BCUT2D eigenvalue weighted by Crippen LogP contribution is 2.20. The summed E-state index contributed by atoms with van der Waals surface area (Å²) in [6.07, 6.45) is 1.48. The number of amides is 1. The van der Waals surface area contributed by atoms with Gasteiger partial charge >= 0.3 is 0 Å². The van der Waals surface area contributed by atoms with E-state index in [-0.39, 0.29) is 16.4 Å². The van der Waals surface area contributed by atoms with Gasteiger partial charge in [0.2, 0.25) is 6.04 Å². The fourth-order valence-corrected chi connectivity index (χ4v) is 4.02. The SMILES string of the molecule is CC(=O)[C@@H](N=Nc1ccc(S(=O)(=O)Nc2ccccn2)cc1)C(=O)Nc1cc(C)cc(C)c1. The van der Waals surface area contributed by atoms with Gasteiger partial charge in [-0.15, -0.1) is 0 Å². The molecule has 0 unspecified atom stereocenters. The Balaban J connectivity index is 1.72. The summed E-state index contributed by atoms with van der Waals surface area (Å²) >= 11 is 0. The molecule has 2 N–H and O–H groups in total. The van der Waals surface area contributed by atoms with Crippen LogP contribution in [-0.2, 0) is 19.6 Å². The molecule has 0 aliphatic rings. The molecule has 0 spiro atoms. The number of aryl methyl sites for hydroxylation is 2. The Hall–Kier alpha value is -3.92. The van der Waals surface area contributed by atoms with Gasteiger partial charge in [-0.2, -0.15) is 10.2 Å². The highest BCUT2D eigenvalue weighted by atomic mass is 32.2. The third-order valence-corrected chi connectivity index (χ3v) is 5.83. The Labute approximate surface area is 192 Å². The number of azo groups is 1. The van der Waals surface area contributed by atoms with Gasteiger partial charge in [-0.05, 0) is 80.4 Å². The van der Waals surface area contributed by atoms with Gasteiger partial charge in [0.05, 0.1) is 10.6 Å². The first-order valence-electron chi connectivity index (χ1n) is 9.98. The minimum absolute atomic E-state index is 0.00258. The van der Waals surface area contributed by atoms with E-state index >= 15 is 0 Å². The van der Waals surface area contributed by atoms with Crippen LogP contribution in [0.4, 0.5) is 17.2 Å². The van der Waals surface area contributed by atoms with Gasteiger partial charge in [-0.3, -0.25) is 14.3 Å². The number of rotatable bonds is 8. The number of ketones is 1. The van der Waals surface area contributed by atoms with Crippen LogP contribution in [0.25, 0.3) is 0 Å². The van der Waals surface area contributed by atoms with Crippen LogP contribution in [0.5, 0.6) is 0 Å². The van der Waals surface area contributed by atoms with Crippen LogP contribution in [-0.4, -0.2) is 31.1 Å². The molecule has 0 bridgehead atoms. The van der Waals surface area contributed by atoms with Crippen molar-refractivity contribution in [3.8, 4) is 0 Å². The van der Waals surface area contributed by atoms with Crippen molar-refractivity contribution in [3.05, 3.63) is 78.0 Å². The lowest BCUT2D eigenvalue weighted by Crippen LogP contribution is -2.31. The summed E-state index contributed by atoms with van der Waals surface area (Å²) in [4.78, 5) is 28.5. The van der Waals surface area contributed by atoms with Gasteiger partial charge in [0.15, 0.2) is 5.78 Å². The van der Waals surface area contributed by atoms with Crippen molar-refractivity contribution in [2.45, 2.75) is 31.7 Å². The van der Waals surface area contributed by atoms with Crippen molar-refractivity contribution in [2.75, 3.05) is 10.0 Å². The maximum absolute atomic E-state index is 12.6. The number of nitrogens with zero attached hydrogens (tertiary/aromatic N) is 3. The van der Waals surface area contributed by atoms with Crippen molar-refractivity contribution in [2.24, 2.45) is 10.2 Å². The fraction of sp³-hybridized carbons (Fsp3) is 0.174. The molecular formula is C23H23N5O4S. The molecule has 33 heavy (non-hydrogen) atoms. The van der Waals surface area contributed by atoms with Crippen LogP contribution < -0.4 is 10.0 Å². The second-order valence-electron chi connectivity index (χ2n) is 7.41. The molecular weight excluding hydrogens is 442 g/mol. The highest BCUT2D eigenvalue weighted by molar-refractivity contribution is 7.92. The van der Waals surface area contributed by atoms with Gasteiger partial charge in [0.1, 0.15) is 5.82 Å². The second kappa shape index (κ2) is 10.1. The first-order valence-corrected chi connectivity index (χ1v) is 11.5. The summed E-state index contributed by atoms with van der Waals surface area (Å²) in [6.45, 7) is 5.06. The van der Waals surface area contributed by atoms with E-state index in [0.29, 0.717) is 5.69 Å². The number of benzene rings is 2. The number of hydrogen-bond acceptors (Lipinski definition) is 7. The number of aromatic nitrogens is 1. The maximum Gasteiger partial charge on any atom is 0.263 e. The summed E-state index contributed by atoms with van der Waals surface area (Å²) in [7, 11) is -3.83. The Bertz CT molecular complexity index is 1270. The van der Waals surface area contributed by atoms with E-state index in [0.717, 1.165) is 11.1 Å². The smallest absolute Gasteiger partial charge is 0.263 e. The maximum atomic E-state index is 12.6. The minimum atomic E-state index is -3.83. The van der Waals surface area contributed by atoms with Crippen molar-refractivity contribution in [3.63, 3.8) is 0 Å². The number of sulfonamides is 1. The zero-order valence-electron chi connectivity index (χ0n) is 18.3. The molecule has 3 aromatic rings.